The molecule has 1 spiro atoms. The number of nitrogens with one attached hydrogen (secondary N) is 1. The molecule has 178 valence electrons. The minimum absolute atomic E-state index is 0.0109. The van der Waals surface area contributed by atoms with Gasteiger partial charge in [0.2, 0.25) is 5.95 Å². The SMILES string of the molecule is CN(C)C1(c2ccccc2)CCC2(CC1)CN(c1cnc(-n3ccc4cccnc43)nc1)C(=O)N2. The molecule has 0 unspecified atom stereocenters. The maximum absolute atomic E-state index is 13.0. The molecular weight excluding hydrogens is 438 g/mol. The van der Waals surface area contributed by atoms with E-state index in [1.165, 1.54) is 5.56 Å². The second-order valence-electron chi connectivity index (χ2n) is 9.93. The first-order valence-electron chi connectivity index (χ1n) is 12.1. The number of anilines is 1. The fourth-order valence-corrected chi connectivity index (χ4v) is 5.79. The number of fused-ring (bicyclic) bond motifs is 1. The van der Waals surface area contributed by atoms with Gasteiger partial charge in [0.05, 0.1) is 30.2 Å². The van der Waals surface area contributed by atoms with Gasteiger partial charge in [-0.25, -0.2) is 19.7 Å². The van der Waals surface area contributed by atoms with Crippen LogP contribution in [0.2, 0.25) is 0 Å². The van der Waals surface area contributed by atoms with E-state index in [1.807, 2.05) is 29.0 Å². The molecule has 0 bridgehead atoms. The highest BCUT2D eigenvalue weighted by Gasteiger charge is 2.50. The Bertz CT molecular complexity index is 1360. The molecule has 1 aliphatic carbocycles. The lowest BCUT2D eigenvalue weighted by Crippen LogP contribution is -2.54. The summed E-state index contributed by atoms with van der Waals surface area (Å²) in [6.07, 6.45) is 10.9. The molecular formula is C27H29N7O. The number of nitrogens with zero attached hydrogens (tertiary/aromatic N) is 6. The van der Waals surface area contributed by atoms with Gasteiger partial charge in [-0.05, 0) is 63.5 Å². The van der Waals surface area contributed by atoms with Crippen molar-refractivity contribution in [3.63, 3.8) is 0 Å². The summed E-state index contributed by atoms with van der Waals surface area (Å²) in [6, 6.07) is 16.6. The van der Waals surface area contributed by atoms with Crippen LogP contribution in [0.15, 0.2) is 73.3 Å². The summed E-state index contributed by atoms with van der Waals surface area (Å²) in [5, 5.41) is 4.34. The molecule has 3 aromatic heterocycles. The van der Waals surface area contributed by atoms with Crippen LogP contribution in [0.5, 0.6) is 0 Å². The number of aromatic nitrogens is 4. The van der Waals surface area contributed by atoms with Crippen molar-refractivity contribution in [2.45, 2.75) is 36.8 Å². The summed E-state index contributed by atoms with van der Waals surface area (Å²) < 4.78 is 1.86. The second-order valence-corrected chi connectivity index (χ2v) is 9.93. The molecule has 1 aromatic carbocycles. The minimum atomic E-state index is -0.232. The van der Waals surface area contributed by atoms with Gasteiger partial charge in [0.15, 0.2) is 0 Å². The van der Waals surface area contributed by atoms with E-state index >= 15 is 0 Å². The van der Waals surface area contributed by atoms with Crippen LogP contribution >= 0.6 is 0 Å². The second kappa shape index (κ2) is 8.16. The van der Waals surface area contributed by atoms with Gasteiger partial charge in [0, 0.05) is 23.3 Å². The number of hydrogen-bond acceptors (Lipinski definition) is 5. The summed E-state index contributed by atoms with van der Waals surface area (Å²) in [4.78, 5) is 30.7. The Hall–Kier alpha value is -3.78. The van der Waals surface area contributed by atoms with Crippen molar-refractivity contribution in [3.8, 4) is 5.95 Å². The van der Waals surface area contributed by atoms with Gasteiger partial charge in [-0.1, -0.05) is 30.3 Å². The molecule has 2 aliphatic rings. The predicted octanol–water partition coefficient (Wildman–Crippen LogP) is 4.12. The van der Waals surface area contributed by atoms with Crippen LogP contribution in [0.3, 0.4) is 0 Å². The van der Waals surface area contributed by atoms with Crippen molar-refractivity contribution in [1.29, 1.82) is 0 Å². The largest absolute Gasteiger partial charge is 0.330 e. The Kier molecular flexibility index (Phi) is 5.07. The van der Waals surface area contributed by atoms with E-state index in [0.717, 1.165) is 36.7 Å². The number of rotatable bonds is 4. The number of carbonyl (C=O) groups excluding carboxylic acids is 1. The van der Waals surface area contributed by atoms with E-state index in [0.29, 0.717) is 18.2 Å². The maximum Gasteiger partial charge on any atom is 0.322 e. The number of pyridine rings is 1. The molecule has 0 atom stereocenters. The molecule has 1 saturated heterocycles. The monoisotopic (exact) mass is 467 g/mol. The molecule has 2 fully saturated rings. The zero-order valence-corrected chi connectivity index (χ0v) is 20.1. The van der Waals surface area contributed by atoms with Crippen molar-refractivity contribution < 1.29 is 4.79 Å². The highest BCUT2D eigenvalue weighted by molar-refractivity contribution is 5.95. The average molecular weight is 468 g/mol. The molecule has 0 radical (unpaired) electrons. The lowest BCUT2D eigenvalue weighted by Gasteiger charge is -2.48. The molecule has 4 aromatic rings. The van der Waals surface area contributed by atoms with Gasteiger partial charge in [0.1, 0.15) is 5.65 Å². The molecule has 35 heavy (non-hydrogen) atoms. The lowest BCUT2D eigenvalue weighted by atomic mass is 9.69. The molecule has 8 nitrogen and oxygen atoms in total. The highest BCUT2D eigenvalue weighted by Crippen LogP contribution is 2.46. The molecule has 8 heteroatoms. The van der Waals surface area contributed by atoms with E-state index in [2.05, 4.69) is 69.6 Å². The molecule has 1 saturated carbocycles. The number of hydrogen-bond donors (Lipinski definition) is 1. The van der Waals surface area contributed by atoms with Gasteiger partial charge in [-0.15, -0.1) is 0 Å². The standard InChI is InChI=1S/C27H29N7O/c1-32(2)27(21-8-4-3-5-9-21)13-11-26(12-14-27)19-34(25(35)31-26)22-17-29-24(30-18-22)33-16-10-20-7-6-15-28-23(20)33/h3-10,15-18H,11-14,19H2,1-2H3,(H,31,35). The third kappa shape index (κ3) is 3.56. The normalized spacial score (nSPS) is 24.4. The fourth-order valence-electron chi connectivity index (χ4n) is 5.79. The van der Waals surface area contributed by atoms with Crippen molar-refractivity contribution in [2.24, 2.45) is 0 Å². The molecule has 1 aliphatic heterocycles. The van der Waals surface area contributed by atoms with E-state index in [9.17, 15) is 4.79 Å². The number of carbonyl (C=O) groups is 1. The highest BCUT2D eigenvalue weighted by atomic mass is 16.2. The Morgan fingerprint density at radius 1 is 0.914 bits per heavy atom. The van der Waals surface area contributed by atoms with Crippen LogP contribution in [0.25, 0.3) is 17.0 Å². The topological polar surface area (TPSA) is 79.2 Å². The van der Waals surface area contributed by atoms with E-state index in [1.54, 1.807) is 23.5 Å². The Morgan fingerprint density at radius 3 is 2.37 bits per heavy atom. The van der Waals surface area contributed by atoms with Crippen molar-refractivity contribution in [1.82, 2.24) is 29.7 Å². The van der Waals surface area contributed by atoms with Crippen LogP contribution in [-0.4, -0.2) is 56.6 Å². The quantitative estimate of drug-likeness (QED) is 0.489. The zero-order chi connectivity index (χ0) is 24.0. The zero-order valence-electron chi connectivity index (χ0n) is 20.1. The first-order valence-corrected chi connectivity index (χ1v) is 12.1. The lowest BCUT2D eigenvalue weighted by molar-refractivity contribution is 0.0658. The van der Waals surface area contributed by atoms with Crippen LogP contribution in [0, 0.1) is 0 Å². The molecule has 1 N–H and O–H groups in total. The van der Waals surface area contributed by atoms with Gasteiger partial charge in [-0.2, -0.15) is 0 Å². The maximum atomic E-state index is 13.0. The van der Waals surface area contributed by atoms with Crippen LogP contribution in [-0.2, 0) is 5.54 Å². The van der Waals surface area contributed by atoms with E-state index in [4.69, 9.17) is 0 Å². The van der Waals surface area contributed by atoms with Crippen LogP contribution < -0.4 is 10.2 Å². The first kappa shape index (κ1) is 21.7. The predicted molar refractivity (Wildman–Crippen MR) is 136 cm³/mol. The molecule has 4 heterocycles. The Balaban J connectivity index is 1.21. The summed E-state index contributed by atoms with van der Waals surface area (Å²) in [5.41, 5.74) is 2.62. The van der Waals surface area contributed by atoms with Gasteiger partial charge in [-0.3, -0.25) is 14.4 Å². The van der Waals surface area contributed by atoms with Crippen molar-refractivity contribution >= 4 is 22.8 Å². The Morgan fingerprint density at radius 2 is 1.66 bits per heavy atom. The summed E-state index contributed by atoms with van der Waals surface area (Å²) in [6.45, 7) is 0.626. The third-order valence-electron chi connectivity index (χ3n) is 7.88. The van der Waals surface area contributed by atoms with Gasteiger partial charge in [0.25, 0.3) is 0 Å². The number of amides is 2. The number of benzene rings is 1. The first-order chi connectivity index (χ1) is 17.0. The summed E-state index contributed by atoms with van der Waals surface area (Å²) >= 11 is 0. The minimum Gasteiger partial charge on any atom is -0.330 e. The third-order valence-corrected chi connectivity index (χ3v) is 7.88. The molecule has 2 amide bonds. The Labute approximate surface area is 204 Å². The van der Waals surface area contributed by atoms with E-state index in [-0.39, 0.29) is 17.1 Å². The average Bonchev–Trinajstić information content (AvgIpc) is 3.46. The van der Waals surface area contributed by atoms with Crippen LogP contribution in [0.1, 0.15) is 31.2 Å². The molecule has 6 rings (SSSR count). The smallest absolute Gasteiger partial charge is 0.322 e. The van der Waals surface area contributed by atoms with Crippen molar-refractivity contribution in [2.75, 3.05) is 25.5 Å². The fraction of sp³-hybridized carbons (Fsp3) is 0.333. The van der Waals surface area contributed by atoms with Gasteiger partial charge >= 0.3 is 6.03 Å². The van der Waals surface area contributed by atoms with Gasteiger partial charge < -0.3 is 5.32 Å². The summed E-state index contributed by atoms with van der Waals surface area (Å²) in [5.74, 6) is 0.535. The van der Waals surface area contributed by atoms with E-state index < -0.39 is 0 Å². The number of urea groups is 1. The van der Waals surface area contributed by atoms with Crippen molar-refractivity contribution in [3.05, 3.63) is 78.9 Å². The van der Waals surface area contributed by atoms with Crippen LogP contribution in [0.4, 0.5) is 10.5 Å². The summed E-state index contributed by atoms with van der Waals surface area (Å²) in [7, 11) is 4.32.